The summed E-state index contributed by atoms with van der Waals surface area (Å²) in [5.74, 6) is 0. The smallest absolute Gasteiger partial charge is 0.0762 e. The van der Waals surface area contributed by atoms with Gasteiger partial charge in [0.05, 0.1) is 11.8 Å². The molecule has 0 aliphatic carbocycles. The summed E-state index contributed by atoms with van der Waals surface area (Å²) in [6.07, 6.45) is 2.28. The van der Waals surface area contributed by atoms with E-state index >= 15 is 0 Å². The Morgan fingerprint density at radius 1 is 1.44 bits per heavy atom. The second-order valence-corrected chi connectivity index (χ2v) is 4.28. The lowest BCUT2D eigenvalue weighted by atomic mass is 10.3. The molecule has 0 amide bonds. The van der Waals surface area contributed by atoms with E-state index < -0.39 is 0 Å². The van der Waals surface area contributed by atoms with Crippen molar-refractivity contribution in [3.8, 4) is 0 Å². The van der Waals surface area contributed by atoms with E-state index in [2.05, 4.69) is 37.3 Å². The summed E-state index contributed by atoms with van der Waals surface area (Å²) >= 11 is 0. The SMILES string of the molecule is CCOC(C)CNCc1ccn(C(C)C)n1. The molecule has 1 heterocycles. The van der Waals surface area contributed by atoms with Gasteiger partial charge in [0.15, 0.2) is 0 Å². The first-order chi connectivity index (χ1) is 7.63. The summed E-state index contributed by atoms with van der Waals surface area (Å²) in [5.41, 5.74) is 1.08. The number of nitrogens with zero attached hydrogens (tertiary/aromatic N) is 2. The first-order valence-electron chi connectivity index (χ1n) is 5.99. The Bertz CT molecular complexity index is 296. The van der Waals surface area contributed by atoms with Crippen molar-refractivity contribution >= 4 is 0 Å². The second kappa shape index (κ2) is 6.66. The highest BCUT2D eigenvalue weighted by Gasteiger charge is 2.03. The molecule has 0 aliphatic heterocycles. The summed E-state index contributed by atoms with van der Waals surface area (Å²) in [6.45, 7) is 10.8. The normalized spacial score (nSPS) is 13.3. The maximum Gasteiger partial charge on any atom is 0.0762 e. The Kier molecular flexibility index (Phi) is 5.49. The van der Waals surface area contributed by atoms with Gasteiger partial charge in [0.25, 0.3) is 0 Å². The predicted octanol–water partition coefficient (Wildman–Crippen LogP) is 1.98. The molecule has 1 aromatic rings. The van der Waals surface area contributed by atoms with Crippen molar-refractivity contribution in [1.82, 2.24) is 15.1 Å². The standard InChI is InChI=1S/C12H23N3O/c1-5-16-11(4)8-13-9-12-6-7-15(14-12)10(2)3/h6-7,10-11,13H,5,8-9H2,1-4H3. The third kappa shape index (κ3) is 4.33. The van der Waals surface area contributed by atoms with Crippen LogP contribution in [0.5, 0.6) is 0 Å². The largest absolute Gasteiger partial charge is 0.377 e. The van der Waals surface area contributed by atoms with Gasteiger partial charge in [0.1, 0.15) is 0 Å². The number of hydrogen-bond donors (Lipinski definition) is 1. The van der Waals surface area contributed by atoms with Crippen LogP contribution in [0.15, 0.2) is 12.3 Å². The molecule has 0 fully saturated rings. The van der Waals surface area contributed by atoms with Gasteiger partial charge in [-0.05, 0) is 33.8 Å². The third-order valence-corrected chi connectivity index (χ3v) is 2.38. The topological polar surface area (TPSA) is 39.1 Å². The van der Waals surface area contributed by atoms with Gasteiger partial charge in [-0.25, -0.2) is 0 Å². The first-order valence-corrected chi connectivity index (χ1v) is 5.99. The van der Waals surface area contributed by atoms with E-state index in [0.29, 0.717) is 6.04 Å². The lowest BCUT2D eigenvalue weighted by molar-refractivity contribution is 0.0759. The maximum atomic E-state index is 5.44. The van der Waals surface area contributed by atoms with E-state index in [1.54, 1.807) is 0 Å². The Morgan fingerprint density at radius 3 is 2.75 bits per heavy atom. The number of aromatic nitrogens is 2. The summed E-state index contributed by atoms with van der Waals surface area (Å²) in [6, 6.07) is 2.48. The molecule has 0 bridgehead atoms. The van der Waals surface area contributed by atoms with Crippen LogP contribution in [0.25, 0.3) is 0 Å². The zero-order valence-electron chi connectivity index (χ0n) is 10.7. The van der Waals surface area contributed by atoms with Crippen LogP contribution in [0.1, 0.15) is 39.4 Å². The van der Waals surface area contributed by atoms with Crippen LogP contribution in [0.2, 0.25) is 0 Å². The van der Waals surface area contributed by atoms with Crippen LogP contribution < -0.4 is 5.32 Å². The Hall–Kier alpha value is -0.870. The molecular weight excluding hydrogens is 202 g/mol. The zero-order valence-corrected chi connectivity index (χ0v) is 10.7. The fourth-order valence-electron chi connectivity index (χ4n) is 1.51. The molecule has 0 saturated heterocycles. The molecule has 92 valence electrons. The number of nitrogens with one attached hydrogen (secondary N) is 1. The van der Waals surface area contributed by atoms with Gasteiger partial charge in [-0.2, -0.15) is 5.10 Å². The number of ether oxygens (including phenoxy) is 1. The van der Waals surface area contributed by atoms with E-state index in [0.717, 1.165) is 25.4 Å². The minimum atomic E-state index is 0.261. The minimum absolute atomic E-state index is 0.261. The molecule has 4 heteroatoms. The summed E-state index contributed by atoms with van der Waals surface area (Å²) < 4.78 is 7.41. The fourth-order valence-corrected chi connectivity index (χ4v) is 1.51. The van der Waals surface area contributed by atoms with Crippen LogP contribution >= 0.6 is 0 Å². The molecule has 0 radical (unpaired) electrons. The van der Waals surface area contributed by atoms with E-state index in [1.165, 1.54) is 0 Å². The highest BCUT2D eigenvalue weighted by Crippen LogP contribution is 2.03. The summed E-state index contributed by atoms with van der Waals surface area (Å²) in [4.78, 5) is 0. The van der Waals surface area contributed by atoms with E-state index in [-0.39, 0.29) is 6.10 Å². The Labute approximate surface area is 98.0 Å². The molecular formula is C12H23N3O. The highest BCUT2D eigenvalue weighted by atomic mass is 16.5. The molecule has 1 aromatic heterocycles. The van der Waals surface area contributed by atoms with E-state index in [1.807, 2.05) is 17.8 Å². The molecule has 1 N–H and O–H groups in total. The van der Waals surface area contributed by atoms with Crippen LogP contribution in [-0.4, -0.2) is 29.0 Å². The lowest BCUT2D eigenvalue weighted by Gasteiger charge is -2.11. The second-order valence-electron chi connectivity index (χ2n) is 4.28. The van der Waals surface area contributed by atoms with Crippen molar-refractivity contribution in [2.24, 2.45) is 0 Å². The molecule has 0 aliphatic rings. The third-order valence-electron chi connectivity index (χ3n) is 2.38. The molecule has 0 aromatic carbocycles. The quantitative estimate of drug-likeness (QED) is 0.771. The molecule has 4 nitrogen and oxygen atoms in total. The van der Waals surface area contributed by atoms with Crippen molar-refractivity contribution in [3.05, 3.63) is 18.0 Å². The number of hydrogen-bond acceptors (Lipinski definition) is 3. The summed E-state index contributed by atoms with van der Waals surface area (Å²) in [5, 5.41) is 7.80. The van der Waals surface area contributed by atoms with Gasteiger partial charge in [0, 0.05) is 31.9 Å². The van der Waals surface area contributed by atoms with Gasteiger partial charge < -0.3 is 10.1 Å². The zero-order chi connectivity index (χ0) is 12.0. The predicted molar refractivity (Wildman–Crippen MR) is 65.4 cm³/mol. The van der Waals surface area contributed by atoms with Gasteiger partial charge in [0.2, 0.25) is 0 Å². The summed E-state index contributed by atoms with van der Waals surface area (Å²) in [7, 11) is 0. The van der Waals surface area contributed by atoms with Crippen molar-refractivity contribution in [2.45, 2.75) is 46.4 Å². The molecule has 1 unspecified atom stereocenters. The van der Waals surface area contributed by atoms with Crippen molar-refractivity contribution in [2.75, 3.05) is 13.2 Å². The van der Waals surface area contributed by atoms with Crippen LogP contribution in [0.4, 0.5) is 0 Å². The Morgan fingerprint density at radius 2 is 2.19 bits per heavy atom. The van der Waals surface area contributed by atoms with Crippen LogP contribution in [0.3, 0.4) is 0 Å². The monoisotopic (exact) mass is 225 g/mol. The minimum Gasteiger partial charge on any atom is -0.377 e. The first kappa shape index (κ1) is 13.2. The van der Waals surface area contributed by atoms with Gasteiger partial charge in [-0.15, -0.1) is 0 Å². The average Bonchev–Trinajstić information content (AvgIpc) is 2.67. The molecule has 1 atom stereocenters. The molecule has 0 spiro atoms. The van der Waals surface area contributed by atoms with E-state index in [9.17, 15) is 0 Å². The van der Waals surface area contributed by atoms with Crippen molar-refractivity contribution in [3.63, 3.8) is 0 Å². The van der Waals surface area contributed by atoms with Gasteiger partial charge in [-0.1, -0.05) is 0 Å². The molecule has 0 saturated carbocycles. The fraction of sp³-hybridized carbons (Fsp3) is 0.750. The molecule has 1 rings (SSSR count). The van der Waals surface area contributed by atoms with E-state index in [4.69, 9.17) is 4.74 Å². The van der Waals surface area contributed by atoms with Crippen molar-refractivity contribution in [1.29, 1.82) is 0 Å². The molecule has 16 heavy (non-hydrogen) atoms. The maximum absolute atomic E-state index is 5.44. The van der Waals surface area contributed by atoms with Crippen LogP contribution in [0, 0.1) is 0 Å². The van der Waals surface area contributed by atoms with Crippen molar-refractivity contribution < 1.29 is 4.74 Å². The van der Waals surface area contributed by atoms with Gasteiger partial charge in [-0.3, -0.25) is 4.68 Å². The van der Waals surface area contributed by atoms with Gasteiger partial charge >= 0.3 is 0 Å². The lowest BCUT2D eigenvalue weighted by Crippen LogP contribution is -2.26. The highest BCUT2D eigenvalue weighted by molar-refractivity contribution is 4.99. The Balaban J connectivity index is 2.26. The average molecular weight is 225 g/mol. The van der Waals surface area contributed by atoms with Crippen LogP contribution in [-0.2, 0) is 11.3 Å². The number of rotatable bonds is 7.